The summed E-state index contributed by atoms with van der Waals surface area (Å²) >= 11 is 0. The average molecular weight is 569 g/mol. The first-order valence-electron chi connectivity index (χ1n) is 14.4. The lowest BCUT2D eigenvalue weighted by atomic mass is 10.1. The maximum absolute atomic E-state index is 10.2. The van der Waals surface area contributed by atoms with Crippen molar-refractivity contribution in [2.75, 3.05) is 91.8 Å². The summed E-state index contributed by atoms with van der Waals surface area (Å²) in [6, 6.07) is 0. The van der Waals surface area contributed by atoms with Crippen LogP contribution in [0.5, 0.6) is 0 Å². The van der Waals surface area contributed by atoms with Crippen molar-refractivity contribution >= 4 is 11.9 Å². The highest BCUT2D eigenvalue weighted by Gasteiger charge is 2.00. The number of carboxylic acids is 2. The van der Waals surface area contributed by atoms with Crippen LogP contribution in [0.15, 0.2) is 0 Å². The second-order valence-corrected chi connectivity index (χ2v) is 8.96. The molecule has 12 N–H and O–H groups in total. The molecule has 236 valence electrons. The number of aliphatic carboxylic acids is 2. The van der Waals surface area contributed by atoms with Crippen LogP contribution in [0, 0.1) is 0 Å². The van der Waals surface area contributed by atoms with E-state index in [0.717, 1.165) is 90.6 Å². The summed E-state index contributed by atoms with van der Waals surface area (Å²) < 4.78 is 0. The lowest BCUT2D eigenvalue weighted by Gasteiger charge is -2.17. The van der Waals surface area contributed by atoms with Gasteiger partial charge < -0.3 is 53.0 Å². The third-order valence-corrected chi connectivity index (χ3v) is 5.38. The fraction of sp³-hybridized carbons (Fsp3) is 0.923. The van der Waals surface area contributed by atoms with E-state index in [9.17, 15) is 9.59 Å². The van der Waals surface area contributed by atoms with Gasteiger partial charge in [-0.05, 0) is 12.8 Å². The summed E-state index contributed by atoms with van der Waals surface area (Å²) in [5, 5.41) is 52.0. The predicted octanol–water partition coefficient (Wildman–Crippen LogP) is -1.01. The molecule has 0 saturated heterocycles. The maximum atomic E-state index is 10.2. The summed E-state index contributed by atoms with van der Waals surface area (Å²) in [5.74, 6) is -1.43. The molecule has 0 radical (unpaired) electrons. The zero-order valence-corrected chi connectivity index (χ0v) is 24.1. The highest BCUT2D eigenvalue weighted by Crippen LogP contribution is 2.10. The predicted molar refractivity (Wildman–Crippen MR) is 156 cm³/mol. The second-order valence-electron chi connectivity index (χ2n) is 8.96. The Morgan fingerprint density at radius 3 is 1.05 bits per heavy atom. The first-order chi connectivity index (χ1) is 18.9. The van der Waals surface area contributed by atoms with Gasteiger partial charge in [0.2, 0.25) is 0 Å². The van der Waals surface area contributed by atoms with E-state index in [2.05, 4.69) is 16.0 Å². The monoisotopic (exact) mass is 568 g/mol. The van der Waals surface area contributed by atoms with Crippen molar-refractivity contribution in [2.24, 2.45) is 11.5 Å². The van der Waals surface area contributed by atoms with Crippen molar-refractivity contribution in [1.82, 2.24) is 20.9 Å². The molecule has 0 unspecified atom stereocenters. The molecule has 0 atom stereocenters. The highest BCUT2D eigenvalue weighted by atomic mass is 16.4. The van der Waals surface area contributed by atoms with Gasteiger partial charge >= 0.3 is 11.9 Å². The number of nitrogens with one attached hydrogen (secondary N) is 3. The molecule has 0 rings (SSSR count). The van der Waals surface area contributed by atoms with E-state index in [-0.39, 0.29) is 32.7 Å². The molecule has 0 aliphatic carbocycles. The molecule has 0 aromatic carbocycles. The van der Waals surface area contributed by atoms with E-state index < -0.39 is 11.9 Å². The summed E-state index contributed by atoms with van der Waals surface area (Å²) in [6.07, 6.45) is 8.51. The molecule has 0 aliphatic rings. The normalized spacial score (nSPS) is 10.5. The van der Waals surface area contributed by atoms with Gasteiger partial charge in [-0.1, -0.05) is 38.5 Å². The Hall–Kier alpha value is -1.42. The van der Waals surface area contributed by atoms with Crippen LogP contribution in [0.25, 0.3) is 0 Å². The van der Waals surface area contributed by atoms with Crippen LogP contribution in [-0.2, 0) is 9.59 Å². The number of hydrogen-bond donors (Lipinski definition) is 10. The van der Waals surface area contributed by atoms with Crippen molar-refractivity contribution in [2.45, 2.75) is 64.2 Å². The molecule has 0 aromatic heterocycles. The molecule has 0 amide bonds. The largest absolute Gasteiger partial charge is 0.481 e. The minimum atomic E-state index is -0.714. The van der Waals surface area contributed by atoms with Crippen molar-refractivity contribution in [1.29, 1.82) is 0 Å². The van der Waals surface area contributed by atoms with E-state index in [1.165, 1.54) is 0 Å². The number of hydrogen-bond acceptors (Lipinski definition) is 11. The Kier molecular flexibility index (Phi) is 41.8. The molecule has 13 heteroatoms. The van der Waals surface area contributed by atoms with E-state index in [0.29, 0.717) is 32.7 Å². The van der Waals surface area contributed by atoms with Gasteiger partial charge in [-0.25, -0.2) is 0 Å². The lowest BCUT2D eigenvalue weighted by molar-refractivity contribution is -0.138. The van der Waals surface area contributed by atoms with E-state index in [4.69, 9.17) is 37.0 Å². The summed E-state index contributed by atoms with van der Waals surface area (Å²) in [7, 11) is 0. The van der Waals surface area contributed by atoms with Gasteiger partial charge in [0.05, 0.1) is 19.8 Å². The standard InChI is InChI=1S/C12H22O4.C8H23N5.C6H15NO3/c13-11(14)9-7-5-3-1-2-4-6-8-10-12(15)16;9-1-3-11-5-7-13-8-6-12-4-2-10;8-4-1-7(2-5-9)3-6-10/h1-10H2,(H,13,14)(H,15,16);11-13H,1-10H2;8-10H,1-6H2. The molecule has 0 fully saturated rings. The molecule has 0 aliphatic heterocycles. The van der Waals surface area contributed by atoms with Crippen molar-refractivity contribution in [3.8, 4) is 0 Å². The summed E-state index contributed by atoms with van der Waals surface area (Å²) in [5.41, 5.74) is 10.6. The molecule has 0 heterocycles. The SMILES string of the molecule is NCCNCCNCCNCCN.O=C(O)CCCCCCCCCCC(=O)O.OCCN(CCO)CCO. The first kappa shape index (κ1) is 42.1. The second kappa shape index (κ2) is 38.7. The Bertz CT molecular complexity index is 447. The average Bonchev–Trinajstić information content (AvgIpc) is 2.90. The third kappa shape index (κ3) is 46.8. The van der Waals surface area contributed by atoms with Gasteiger partial charge in [-0.15, -0.1) is 0 Å². The minimum Gasteiger partial charge on any atom is -0.481 e. The van der Waals surface area contributed by atoms with Gasteiger partial charge in [0.25, 0.3) is 0 Å². The topological polar surface area (TPSA) is 227 Å². The third-order valence-electron chi connectivity index (χ3n) is 5.38. The molecule has 0 spiro atoms. The van der Waals surface area contributed by atoms with Gasteiger partial charge in [-0.2, -0.15) is 0 Å². The van der Waals surface area contributed by atoms with Crippen LogP contribution in [-0.4, -0.2) is 134 Å². The zero-order valence-electron chi connectivity index (χ0n) is 24.1. The number of carbonyl (C=O) groups is 2. The van der Waals surface area contributed by atoms with E-state index in [1.807, 2.05) is 0 Å². The van der Waals surface area contributed by atoms with Gasteiger partial charge in [0.1, 0.15) is 0 Å². The van der Waals surface area contributed by atoms with Gasteiger partial charge in [0.15, 0.2) is 0 Å². The zero-order chi connectivity index (χ0) is 29.8. The summed E-state index contributed by atoms with van der Waals surface area (Å²) in [4.78, 5) is 22.2. The summed E-state index contributed by atoms with van der Waals surface area (Å²) in [6.45, 7) is 8.90. The maximum Gasteiger partial charge on any atom is 0.303 e. The Morgan fingerprint density at radius 2 is 0.795 bits per heavy atom. The quantitative estimate of drug-likeness (QED) is 0.0537. The smallest absolute Gasteiger partial charge is 0.303 e. The number of rotatable bonds is 27. The van der Waals surface area contributed by atoms with E-state index >= 15 is 0 Å². The Morgan fingerprint density at radius 1 is 0.513 bits per heavy atom. The van der Waals surface area contributed by atoms with Crippen molar-refractivity contribution in [3.05, 3.63) is 0 Å². The van der Waals surface area contributed by atoms with Crippen molar-refractivity contribution < 1.29 is 35.1 Å². The molecule has 0 saturated carbocycles. The number of carboxylic acid groups (broad SMARTS) is 2. The van der Waals surface area contributed by atoms with Gasteiger partial charge in [0, 0.05) is 84.8 Å². The van der Waals surface area contributed by atoms with E-state index in [1.54, 1.807) is 4.90 Å². The number of aliphatic hydroxyl groups excluding tert-OH is 3. The van der Waals surface area contributed by atoms with Gasteiger partial charge in [-0.3, -0.25) is 14.5 Å². The molecule has 39 heavy (non-hydrogen) atoms. The highest BCUT2D eigenvalue weighted by molar-refractivity contribution is 5.66. The van der Waals surface area contributed by atoms with Crippen LogP contribution in [0.1, 0.15) is 64.2 Å². The first-order valence-corrected chi connectivity index (χ1v) is 14.4. The molecule has 13 nitrogen and oxygen atoms in total. The fourth-order valence-corrected chi connectivity index (χ4v) is 3.31. The Balaban J connectivity index is -0.000000513. The molecular weight excluding hydrogens is 508 g/mol. The number of unbranched alkanes of at least 4 members (excludes halogenated alkanes) is 7. The number of aliphatic hydroxyl groups is 3. The molecule has 0 aromatic rings. The van der Waals surface area contributed by atoms with Crippen molar-refractivity contribution in [3.63, 3.8) is 0 Å². The molecule has 0 bridgehead atoms. The lowest BCUT2D eigenvalue weighted by Crippen LogP contribution is -2.35. The fourth-order valence-electron chi connectivity index (χ4n) is 3.31. The number of nitrogens with zero attached hydrogens (tertiary/aromatic N) is 1. The van der Waals surface area contributed by atoms with Crippen LogP contribution >= 0.6 is 0 Å². The minimum absolute atomic E-state index is 0.0694. The molecular formula is C26H60N6O7. The van der Waals surface area contributed by atoms with Crippen LogP contribution in [0.3, 0.4) is 0 Å². The van der Waals surface area contributed by atoms with Crippen LogP contribution in [0.4, 0.5) is 0 Å². The number of nitrogens with two attached hydrogens (primary N) is 2. The van der Waals surface area contributed by atoms with Crippen LogP contribution in [0.2, 0.25) is 0 Å². The van der Waals surface area contributed by atoms with Crippen LogP contribution < -0.4 is 27.4 Å². The Labute approximate surface area is 235 Å².